The van der Waals surface area contributed by atoms with Crippen LogP contribution >= 0.6 is 11.6 Å². The van der Waals surface area contributed by atoms with Crippen molar-refractivity contribution < 1.29 is 27.5 Å². The van der Waals surface area contributed by atoms with Gasteiger partial charge in [-0.1, -0.05) is 30.7 Å². The smallest absolute Gasteiger partial charge is 0.310 e. The number of aromatic amines is 1. The van der Waals surface area contributed by atoms with Gasteiger partial charge in [-0.25, -0.2) is 22.5 Å². The summed E-state index contributed by atoms with van der Waals surface area (Å²) in [6.07, 6.45) is -2.74. The number of hydrogen-bond donors (Lipinski definition) is 3. The fourth-order valence-electron chi connectivity index (χ4n) is 5.03. The standard InChI is InChI=1S/C26H28ClF4N5O2/c1-3-16-11-26(25(37)38,7-8-36(16)13-15-5-4-6-18(27)22(15)28)12-19-23(29)17(24(30)31)10-20(32-19)33-21-9-14(2)34-35-21/h4-6,9-10,16,24H,3,7-8,11-13H2,1-2H3,(H,37,38)(H2,32,33,34,35)/t16-,26-/m1/s1. The first-order valence-corrected chi connectivity index (χ1v) is 12.6. The number of likely N-dealkylation sites (tertiary alicyclic amines) is 1. The summed E-state index contributed by atoms with van der Waals surface area (Å²) in [5.41, 5.74) is -1.57. The van der Waals surface area contributed by atoms with Crippen LogP contribution in [0.5, 0.6) is 0 Å². The fourth-order valence-corrected chi connectivity index (χ4v) is 5.22. The van der Waals surface area contributed by atoms with Gasteiger partial charge in [-0.15, -0.1) is 0 Å². The number of aliphatic carboxylic acids is 1. The summed E-state index contributed by atoms with van der Waals surface area (Å²) in [7, 11) is 0. The summed E-state index contributed by atoms with van der Waals surface area (Å²) in [6, 6.07) is 6.97. The molecule has 3 N–H and O–H groups in total. The predicted octanol–water partition coefficient (Wildman–Crippen LogP) is 6.41. The Balaban J connectivity index is 1.63. The number of nitrogens with zero attached hydrogens (tertiary/aromatic N) is 3. The molecule has 0 aliphatic carbocycles. The molecule has 4 rings (SSSR count). The van der Waals surface area contributed by atoms with Gasteiger partial charge in [0.1, 0.15) is 11.6 Å². The highest BCUT2D eigenvalue weighted by Gasteiger charge is 2.46. The third-order valence-corrected chi connectivity index (χ3v) is 7.40. The highest BCUT2D eigenvalue weighted by atomic mass is 35.5. The van der Waals surface area contributed by atoms with Crippen molar-refractivity contribution in [1.29, 1.82) is 0 Å². The van der Waals surface area contributed by atoms with E-state index >= 15 is 4.39 Å². The molecule has 12 heteroatoms. The first-order valence-electron chi connectivity index (χ1n) is 12.2. The van der Waals surface area contributed by atoms with Gasteiger partial charge in [0.15, 0.2) is 11.6 Å². The van der Waals surface area contributed by atoms with Crippen LogP contribution in [0.25, 0.3) is 0 Å². The van der Waals surface area contributed by atoms with Gasteiger partial charge in [0.2, 0.25) is 0 Å². The monoisotopic (exact) mass is 553 g/mol. The minimum Gasteiger partial charge on any atom is -0.481 e. The Hall–Kier alpha value is -3.18. The number of piperidine rings is 1. The molecular formula is C26H28ClF4N5O2. The quantitative estimate of drug-likeness (QED) is 0.265. The maximum absolute atomic E-state index is 15.2. The Morgan fingerprint density at radius 2 is 2.05 bits per heavy atom. The average Bonchev–Trinajstić information content (AvgIpc) is 3.28. The Morgan fingerprint density at radius 1 is 1.29 bits per heavy atom. The van der Waals surface area contributed by atoms with Crippen molar-refractivity contribution in [2.75, 3.05) is 11.9 Å². The zero-order chi connectivity index (χ0) is 27.6. The first kappa shape index (κ1) is 27.8. The topological polar surface area (TPSA) is 94.1 Å². The van der Waals surface area contributed by atoms with E-state index in [1.54, 1.807) is 25.1 Å². The minimum absolute atomic E-state index is 0.00214. The molecule has 0 radical (unpaired) electrons. The van der Waals surface area contributed by atoms with Crippen molar-refractivity contribution in [2.45, 2.75) is 58.5 Å². The summed E-state index contributed by atoms with van der Waals surface area (Å²) >= 11 is 5.92. The van der Waals surface area contributed by atoms with E-state index in [0.29, 0.717) is 23.5 Å². The van der Waals surface area contributed by atoms with Gasteiger partial charge in [-0.3, -0.25) is 14.8 Å². The highest BCUT2D eigenvalue weighted by molar-refractivity contribution is 6.30. The van der Waals surface area contributed by atoms with Crippen LogP contribution in [0.15, 0.2) is 30.3 Å². The number of halogens is 5. The second-order valence-corrected chi connectivity index (χ2v) is 10.1. The zero-order valence-corrected chi connectivity index (χ0v) is 21.6. The molecular weight excluding hydrogens is 526 g/mol. The third kappa shape index (κ3) is 5.78. The van der Waals surface area contributed by atoms with Gasteiger partial charge in [-0.2, -0.15) is 5.10 Å². The van der Waals surface area contributed by atoms with Crippen LogP contribution in [0.3, 0.4) is 0 Å². The molecule has 0 bridgehead atoms. The zero-order valence-electron chi connectivity index (χ0n) is 20.9. The minimum atomic E-state index is -3.13. The Bertz CT molecular complexity index is 1320. The molecule has 7 nitrogen and oxygen atoms in total. The largest absolute Gasteiger partial charge is 0.481 e. The molecule has 2 atom stereocenters. The normalized spacial score (nSPS) is 20.2. The molecule has 0 unspecified atom stereocenters. The Labute approximate surface area is 222 Å². The number of carboxylic acids is 1. The van der Waals surface area contributed by atoms with Crippen molar-refractivity contribution in [2.24, 2.45) is 5.41 Å². The number of rotatable bonds is 9. The SMILES string of the molecule is CC[C@@H]1C[C@](Cc2nc(Nc3cc(C)[nH]n3)cc(C(F)F)c2F)(C(=O)O)CCN1Cc1cccc(Cl)c1F. The lowest BCUT2D eigenvalue weighted by Gasteiger charge is -2.44. The second-order valence-electron chi connectivity index (χ2n) is 9.68. The molecule has 2 aromatic heterocycles. The van der Waals surface area contributed by atoms with Crippen LogP contribution in [0.1, 0.15) is 55.1 Å². The molecule has 1 aromatic carbocycles. The van der Waals surface area contributed by atoms with Gasteiger partial charge in [0.05, 0.1) is 21.7 Å². The number of nitrogens with one attached hydrogen (secondary N) is 2. The maximum atomic E-state index is 15.2. The molecule has 0 saturated carbocycles. The third-order valence-electron chi connectivity index (χ3n) is 7.11. The molecule has 1 fully saturated rings. The molecule has 1 aliphatic rings. The number of aryl methyl sites for hydroxylation is 1. The fraction of sp³-hybridized carbons (Fsp3) is 0.423. The molecule has 1 aliphatic heterocycles. The lowest BCUT2D eigenvalue weighted by Crippen LogP contribution is -2.50. The number of alkyl halides is 2. The molecule has 3 aromatic rings. The molecule has 204 valence electrons. The van der Waals surface area contributed by atoms with Gasteiger partial charge in [-0.05, 0) is 44.9 Å². The van der Waals surface area contributed by atoms with Crippen LogP contribution in [-0.4, -0.2) is 43.7 Å². The van der Waals surface area contributed by atoms with Crippen LogP contribution in [0.4, 0.5) is 29.2 Å². The number of anilines is 2. The van der Waals surface area contributed by atoms with E-state index in [0.717, 1.165) is 6.07 Å². The highest BCUT2D eigenvalue weighted by Crippen LogP contribution is 2.41. The van der Waals surface area contributed by atoms with Crippen molar-refractivity contribution in [1.82, 2.24) is 20.1 Å². The maximum Gasteiger partial charge on any atom is 0.310 e. The molecule has 38 heavy (non-hydrogen) atoms. The number of hydrogen-bond acceptors (Lipinski definition) is 5. The Kier molecular flexibility index (Phi) is 8.27. The second kappa shape index (κ2) is 11.3. The van der Waals surface area contributed by atoms with Crippen LogP contribution in [0, 0.1) is 24.0 Å². The molecule has 3 heterocycles. The van der Waals surface area contributed by atoms with E-state index in [9.17, 15) is 23.1 Å². The van der Waals surface area contributed by atoms with Crippen LogP contribution in [0.2, 0.25) is 5.02 Å². The lowest BCUT2D eigenvalue weighted by atomic mass is 9.71. The van der Waals surface area contributed by atoms with Gasteiger partial charge in [0.25, 0.3) is 6.43 Å². The number of aromatic nitrogens is 3. The van der Waals surface area contributed by atoms with Gasteiger partial charge in [0, 0.05) is 36.3 Å². The number of carboxylic acid groups (broad SMARTS) is 1. The van der Waals surface area contributed by atoms with Crippen LogP contribution in [-0.2, 0) is 17.8 Å². The van der Waals surface area contributed by atoms with Crippen molar-refractivity contribution >= 4 is 29.2 Å². The lowest BCUT2D eigenvalue weighted by molar-refractivity contribution is -0.154. The number of pyridine rings is 1. The first-order chi connectivity index (χ1) is 18.0. The summed E-state index contributed by atoms with van der Waals surface area (Å²) in [6.45, 7) is 4.14. The van der Waals surface area contributed by atoms with Crippen LogP contribution < -0.4 is 5.32 Å². The molecule has 0 amide bonds. The van der Waals surface area contributed by atoms with Crippen molar-refractivity contribution in [3.63, 3.8) is 0 Å². The van der Waals surface area contributed by atoms with Gasteiger partial charge >= 0.3 is 5.97 Å². The number of benzene rings is 1. The van der Waals surface area contributed by atoms with Gasteiger partial charge < -0.3 is 10.4 Å². The molecule has 0 spiro atoms. The van der Waals surface area contributed by atoms with E-state index in [4.69, 9.17) is 11.6 Å². The predicted molar refractivity (Wildman–Crippen MR) is 135 cm³/mol. The summed E-state index contributed by atoms with van der Waals surface area (Å²) in [4.78, 5) is 18.8. The van der Waals surface area contributed by atoms with E-state index in [2.05, 4.69) is 20.5 Å². The average molecular weight is 554 g/mol. The van der Waals surface area contributed by atoms with E-state index < -0.39 is 35.0 Å². The summed E-state index contributed by atoms with van der Waals surface area (Å²) < 4.78 is 57.2. The number of H-pyrrole nitrogens is 1. The Morgan fingerprint density at radius 3 is 2.68 bits per heavy atom. The molecule has 1 saturated heterocycles. The van der Waals surface area contributed by atoms with E-state index in [-0.39, 0.29) is 54.9 Å². The van der Waals surface area contributed by atoms with Crippen molar-refractivity contribution in [3.05, 3.63) is 69.5 Å². The summed E-state index contributed by atoms with van der Waals surface area (Å²) in [5.74, 6) is -2.68. The van der Waals surface area contributed by atoms with E-state index in [1.165, 1.54) is 6.07 Å². The van der Waals surface area contributed by atoms with Crippen molar-refractivity contribution in [3.8, 4) is 0 Å². The van der Waals surface area contributed by atoms with E-state index in [1.807, 2.05) is 11.8 Å². The summed E-state index contributed by atoms with van der Waals surface area (Å²) in [5, 5.41) is 19.7. The number of carbonyl (C=O) groups is 1.